The number of esters is 1. The molecule has 0 amide bonds. The first kappa shape index (κ1) is 14.1. The average molecular weight is 286 g/mol. The van der Waals surface area contributed by atoms with Crippen molar-refractivity contribution < 1.29 is 9.53 Å². The summed E-state index contributed by atoms with van der Waals surface area (Å²) in [7, 11) is 1.46. The standard InChI is InChI=1S/C17H22N2O2/c1-12(2)17(16(20)21-3)15-11-19(10-13(15)9-18-17)14-7-5-4-6-8-14/h4-9,12-13,15H,10-11H2,1-3H3/t13-,15+,17-/m1/s1. The normalized spacial score (nSPS) is 30.8. The number of aliphatic imine (C=N–C) groups is 1. The van der Waals surface area contributed by atoms with Crippen molar-refractivity contribution in [1.82, 2.24) is 0 Å². The Morgan fingerprint density at radius 1 is 1.33 bits per heavy atom. The van der Waals surface area contributed by atoms with E-state index in [1.807, 2.05) is 24.4 Å². The van der Waals surface area contributed by atoms with E-state index in [0.29, 0.717) is 5.92 Å². The number of rotatable bonds is 3. The predicted molar refractivity (Wildman–Crippen MR) is 83.7 cm³/mol. The number of para-hydroxylation sites is 1. The third-order valence-corrected chi connectivity index (χ3v) is 4.92. The molecule has 0 unspecified atom stereocenters. The van der Waals surface area contributed by atoms with Crippen LogP contribution < -0.4 is 4.90 Å². The van der Waals surface area contributed by atoms with Crippen molar-refractivity contribution in [3.05, 3.63) is 30.3 Å². The first-order valence-corrected chi connectivity index (χ1v) is 7.53. The van der Waals surface area contributed by atoms with Crippen LogP contribution in [-0.4, -0.2) is 37.9 Å². The molecule has 0 radical (unpaired) electrons. The molecule has 0 aliphatic carbocycles. The van der Waals surface area contributed by atoms with Gasteiger partial charge in [0.2, 0.25) is 0 Å². The molecule has 21 heavy (non-hydrogen) atoms. The second-order valence-corrected chi connectivity index (χ2v) is 6.26. The topological polar surface area (TPSA) is 41.9 Å². The molecule has 2 aliphatic heterocycles. The molecule has 4 heteroatoms. The number of nitrogens with zero attached hydrogens (tertiary/aromatic N) is 2. The van der Waals surface area contributed by atoms with E-state index < -0.39 is 5.54 Å². The first-order chi connectivity index (χ1) is 10.1. The van der Waals surface area contributed by atoms with Gasteiger partial charge in [-0.1, -0.05) is 32.0 Å². The number of fused-ring (bicyclic) bond motifs is 1. The van der Waals surface area contributed by atoms with Crippen LogP contribution in [-0.2, 0) is 9.53 Å². The molecule has 1 aromatic carbocycles. The number of carbonyl (C=O) groups is 1. The number of hydrogen-bond acceptors (Lipinski definition) is 4. The Labute approximate surface area is 125 Å². The van der Waals surface area contributed by atoms with Crippen LogP contribution in [0.3, 0.4) is 0 Å². The summed E-state index contributed by atoms with van der Waals surface area (Å²) in [5.41, 5.74) is 0.492. The quantitative estimate of drug-likeness (QED) is 0.801. The van der Waals surface area contributed by atoms with E-state index in [-0.39, 0.29) is 17.8 Å². The van der Waals surface area contributed by atoms with Gasteiger partial charge in [-0.15, -0.1) is 0 Å². The van der Waals surface area contributed by atoms with E-state index >= 15 is 0 Å². The van der Waals surface area contributed by atoms with Crippen LogP contribution in [0.2, 0.25) is 0 Å². The summed E-state index contributed by atoms with van der Waals surface area (Å²) in [4.78, 5) is 19.4. The molecule has 112 valence electrons. The maximum Gasteiger partial charge on any atom is 0.334 e. The molecule has 3 atom stereocenters. The van der Waals surface area contributed by atoms with E-state index in [4.69, 9.17) is 4.74 Å². The van der Waals surface area contributed by atoms with Crippen molar-refractivity contribution in [2.24, 2.45) is 22.7 Å². The minimum atomic E-state index is -0.719. The van der Waals surface area contributed by atoms with E-state index in [2.05, 4.69) is 35.9 Å². The van der Waals surface area contributed by atoms with Gasteiger partial charge < -0.3 is 9.64 Å². The highest BCUT2D eigenvalue weighted by Gasteiger charge is 2.57. The minimum absolute atomic E-state index is 0.131. The smallest absolute Gasteiger partial charge is 0.334 e. The van der Waals surface area contributed by atoms with Gasteiger partial charge in [0.05, 0.1) is 7.11 Å². The van der Waals surface area contributed by atoms with Crippen LogP contribution in [0, 0.1) is 17.8 Å². The van der Waals surface area contributed by atoms with E-state index in [9.17, 15) is 4.79 Å². The second kappa shape index (κ2) is 5.17. The van der Waals surface area contributed by atoms with Crippen molar-refractivity contribution in [2.45, 2.75) is 19.4 Å². The Balaban J connectivity index is 1.90. The van der Waals surface area contributed by atoms with Crippen molar-refractivity contribution in [2.75, 3.05) is 25.1 Å². The highest BCUT2D eigenvalue weighted by atomic mass is 16.5. The van der Waals surface area contributed by atoms with Crippen LogP contribution in [0.5, 0.6) is 0 Å². The Hall–Kier alpha value is -1.84. The second-order valence-electron chi connectivity index (χ2n) is 6.26. The molecular formula is C17H22N2O2. The molecule has 2 heterocycles. The molecule has 2 aliphatic rings. The van der Waals surface area contributed by atoms with E-state index in [1.54, 1.807) is 0 Å². The van der Waals surface area contributed by atoms with Gasteiger partial charge in [0.1, 0.15) is 0 Å². The molecule has 0 saturated carbocycles. The van der Waals surface area contributed by atoms with Crippen LogP contribution in [0.15, 0.2) is 35.3 Å². The summed E-state index contributed by atoms with van der Waals surface area (Å²) < 4.78 is 5.08. The van der Waals surface area contributed by atoms with Crippen molar-refractivity contribution in [3.8, 4) is 0 Å². The maximum atomic E-state index is 12.4. The lowest BCUT2D eigenvalue weighted by Crippen LogP contribution is -2.49. The van der Waals surface area contributed by atoms with Crippen LogP contribution >= 0.6 is 0 Å². The summed E-state index contributed by atoms with van der Waals surface area (Å²) in [6, 6.07) is 10.4. The minimum Gasteiger partial charge on any atom is -0.467 e. The van der Waals surface area contributed by atoms with Crippen LogP contribution in [0.4, 0.5) is 5.69 Å². The molecule has 0 bridgehead atoms. The number of hydrogen-bond donors (Lipinski definition) is 0. The molecule has 1 fully saturated rings. The van der Waals surface area contributed by atoms with Crippen LogP contribution in [0.25, 0.3) is 0 Å². The molecule has 0 aromatic heterocycles. The van der Waals surface area contributed by atoms with Gasteiger partial charge >= 0.3 is 5.97 Å². The Bertz CT molecular complexity index is 555. The SMILES string of the molecule is COC(=O)[C@]1(C(C)C)N=C[C@@H]2CN(c3ccccc3)C[C@@H]21. The first-order valence-electron chi connectivity index (χ1n) is 7.53. The Morgan fingerprint density at radius 3 is 2.67 bits per heavy atom. The maximum absolute atomic E-state index is 12.4. The molecule has 1 saturated heterocycles. The fourth-order valence-electron chi connectivity index (χ4n) is 3.79. The van der Waals surface area contributed by atoms with Crippen molar-refractivity contribution in [1.29, 1.82) is 0 Å². The van der Waals surface area contributed by atoms with E-state index in [0.717, 1.165) is 13.1 Å². The third-order valence-electron chi connectivity index (χ3n) is 4.92. The number of benzene rings is 1. The molecule has 3 rings (SSSR count). The zero-order valence-electron chi connectivity index (χ0n) is 12.8. The number of methoxy groups -OCH3 is 1. The molecule has 0 spiro atoms. The van der Waals surface area contributed by atoms with Gasteiger partial charge in [-0.3, -0.25) is 4.99 Å². The van der Waals surface area contributed by atoms with Crippen molar-refractivity contribution >= 4 is 17.9 Å². The summed E-state index contributed by atoms with van der Waals surface area (Å²) in [5, 5.41) is 0. The largest absolute Gasteiger partial charge is 0.467 e. The Kier molecular flexibility index (Phi) is 3.47. The summed E-state index contributed by atoms with van der Waals surface area (Å²) in [6.45, 7) is 5.88. The summed E-state index contributed by atoms with van der Waals surface area (Å²) in [5.74, 6) is 0.458. The van der Waals surface area contributed by atoms with Gasteiger partial charge in [-0.05, 0) is 18.1 Å². The number of carbonyl (C=O) groups excluding carboxylic acids is 1. The van der Waals surface area contributed by atoms with Gasteiger partial charge in [-0.2, -0.15) is 0 Å². The van der Waals surface area contributed by atoms with Gasteiger partial charge in [-0.25, -0.2) is 4.79 Å². The fourth-order valence-corrected chi connectivity index (χ4v) is 3.79. The number of anilines is 1. The van der Waals surface area contributed by atoms with Gasteiger partial charge in [0.25, 0.3) is 0 Å². The lowest BCUT2D eigenvalue weighted by Gasteiger charge is -2.34. The summed E-state index contributed by atoms with van der Waals surface area (Å²) >= 11 is 0. The fraction of sp³-hybridized carbons (Fsp3) is 0.529. The van der Waals surface area contributed by atoms with E-state index in [1.165, 1.54) is 12.8 Å². The molecule has 0 N–H and O–H groups in total. The monoisotopic (exact) mass is 286 g/mol. The van der Waals surface area contributed by atoms with Gasteiger partial charge in [0.15, 0.2) is 5.54 Å². The van der Waals surface area contributed by atoms with Gasteiger partial charge in [0, 0.05) is 36.8 Å². The third kappa shape index (κ3) is 2.04. The lowest BCUT2D eigenvalue weighted by molar-refractivity contribution is -0.150. The highest BCUT2D eigenvalue weighted by Crippen LogP contribution is 2.45. The molecule has 4 nitrogen and oxygen atoms in total. The Morgan fingerprint density at radius 2 is 2.05 bits per heavy atom. The zero-order valence-corrected chi connectivity index (χ0v) is 12.8. The summed E-state index contributed by atoms with van der Waals surface area (Å²) in [6.07, 6.45) is 1.98. The molecular weight excluding hydrogens is 264 g/mol. The molecule has 1 aromatic rings. The lowest BCUT2D eigenvalue weighted by atomic mass is 9.74. The highest BCUT2D eigenvalue weighted by molar-refractivity contribution is 5.88. The zero-order chi connectivity index (χ0) is 15.0. The van der Waals surface area contributed by atoms with Crippen LogP contribution in [0.1, 0.15) is 13.8 Å². The number of ether oxygens (including phenoxy) is 1. The predicted octanol–water partition coefficient (Wildman–Crippen LogP) is 2.39. The average Bonchev–Trinajstić information content (AvgIpc) is 3.06. The van der Waals surface area contributed by atoms with Crippen molar-refractivity contribution in [3.63, 3.8) is 0 Å².